The number of urea groups is 2. The summed E-state index contributed by atoms with van der Waals surface area (Å²) < 4.78 is 0.830. The molecule has 0 aromatic heterocycles. The molecule has 0 atom stereocenters. The van der Waals surface area contributed by atoms with Gasteiger partial charge in [0.2, 0.25) is 0 Å². The highest BCUT2D eigenvalue weighted by molar-refractivity contribution is 9.10. The Hall–Kier alpha value is -3.31. The minimum atomic E-state index is -0.557. The van der Waals surface area contributed by atoms with Crippen molar-refractivity contribution in [3.8, 4) is 0 Å². The van der Waals surface area contributed by atoms with Crippen LogP contribution in [0.2, 0.25) is 5.02 Å². The summed E-state index contributed by atoms with van der Waals surface area (Å²) >= 11 is 9.53. The summed E-state index contributed by atoms with van der Waals surface area (Å²) in [6.45, 7) is 7.71. The lowest BCUT2D eigenvalue weighted by Crippen LogP contribution is -2.30. The summed E-state index contributed by atoms with van der Waals surface area (Å²) in [5.74, 6) is -0.523. The number of hydrogen-bond acceptors (Lipinski definition) is 2. The topological polar surface area (TPSA) is 169 Å². The Balaban J connectivity index is 0.000000340. The van der Waals surface area contributed by atoms with Crippen LogP contribution >= 0.6 is 27.5 Å². The molecule has 2 rings (SSSR count). The third-order valence-electron chi connectivity index (χ3n) is 4.49. The fourth-order valence-electron chi connectivity index (χ4n) is 3.23. The molecule has 0 spiro atoms. The zero-order valence-electron chi connectivity index (χ0n) is 20.0. The van der Waals surface area contributed by atoms with Crippen LogP contribution in [0.25, 0.3) is 0 Å². The number of rotatable bonds is 2. The number of carbonyl (C=O) groups is 2. The molecule has 0 bridgehead atoms. The van der Waals surface area contributed by atoms with Gasteiger partial charge in [0.1, 0.15) is 0 Å². The molecule has 0 fully saturated rings. The lowest BCUT2D eigenvalue weighted by molar-refractivity contribution is 0.254. The first kappa shape index (κ1) is 28.7. The first-order valence-electron chi connectivity index (χ1n) is 9.93. The molecule has 0 aliphatic heterocycles. The van der Waals surface area contributed by atoms with Crippen molar-refractivity contribution in [2.45, 2.75) is 27.7 Å². The Labute approximate surface area is 212 Å². The third-order valence-corrected chi connectivity index (χ3v) is 5.38. The van der Waals surface area contributed by atoms with Crippen molar-refractivity contribution in [3.63, 3.8) is 0 Å². The van der Waals surface area contributed by atoms with Crippen molar-refractivity contribution < 1.29 is 9.59 Å². The first-order valence-corrected chi connectivity index (χ1v) is 11.1. The van der Waals surface area contributed by atoms with E-state index in [1.54, 1.807) is 20.2 Å². The number of aryl methyl sites for hydroxylation is 4. The average Bonchev–Trinajstić information content (AvgIpc) is 2.65. The maximum Gasteiger partial charge on any atom is 0.351 e. The maximum absolute atomic E-state index is 11.7. The molecule has 0 aliphatic carbocycles. The lowest BCUT2D eigenvalue weighted by Gasteiger charge is -2.19. The zero-order chi connectivity index (χ0) is 26.3. The van der Waals surface area contributed by atoms with E-state index >= 15 is 0 Å². The van der Waals surface area contributed by atoms with Crippen molar-refractivity contribution in [2.24, 2.45) is 32.9 Å². The summed E-state index contributed by atoms with van der Waals surface area (Å²) in [6.07, 6.45) is 0. The van der Waals surface area contributed by atoms with Gasteiger partial charge in [-0.15, -0.1) is 0 Å². The molecule has 4 amide bonds. The molecule has 12 heteroatoms. The molecule has 2 aromatic carbocycles. The second kappa shape index (κ2) is 12.2. The predicted molar refractivity (Wildman–Crippen MR) is 144 cm³/mol. The van der Waals surface area contributed by atoms with Crippen molar-refractivity contribution >= 4 is 62.9 Å². The molecule has 0 aliphatic rings. The number of carbonyl (C=O) groups excluding carboxylic acids is 2. The summed E-state index contributed by atoms with van der Waals surface area (Å²) in [6, 6.07) is 6.57. The Morgan fingerprint density at radius 3 is 1.53 bits per heavy atom. The van der Waals surface area contributed by atoms with Gasteiger partial charge in [-0.3, -0.25) is 9.80 Å². The van der Waals surface area contributed by atoms with Crippen LogP contribution < -0.4 is 32.7 Å². The number of nitrogens with zero attached hydrogens (tertiary/aromatic N) is 4. The fourth-order valence-corrected chi connectivity index (χ4v) is 4.62. The van der Waals surface area contributed by atoms with E-state index < -0.39 is 12.1 Å². The Kier molecular flexibility index (Phi) is 10.3. The smallest absolute Gasteiger partial charge is 0.351 e. The minimum absolute atomic E-state index is 0.247. The van der Waals surface area contributed by atoms with Gasteiger partial charge in [0, 0.05) is 18.6 Å². The molecule has 0 saturated heterocycles. The molecule has 0 unspecified atom stereocenters. The molecular weight excluding hydrogens is 524 g/mol. The van der Waals surface area contributed by atoms with E-state index in [4.69, 9.17) is 34.5 Å². The van der Waals surface area contributed by atoms with E-state index in [1.807, 2.05) is 45.9 Å². The number of hydrogen-bond donors (Lipinski definition) is 4. The van der Waals surface area contributed by atoms with Gasteiger partial charge in [-0.2, -0.15) is 9.98 Å². The van der Waals surface area contributed by atoms with E-state index in [2.05, 4.69) is 25.9 Å². The number of aliphatic imine (C=N–C) groups is 2. The molecular formula is C22H30BrClN8O2. The van der Waals surface area contributed by atoms with Crippen molar-refractivity contribution in [2.75, 3.05) is 23.9 Å². The lowest BCUT2D eigenvalue weighted by atomic mass is 10.1. The van der Waals surface area contributed by atoms with E-state index in [-0.39, 0.29) is 11.9 Å². The van der Waals surface area contributed by atoms with Crippen LogP contribution in [0.4, 0.5) is 21.0 Å². The zero-order valence-corrected chi connectivity index (χ0v) is 22.3. The van der Waals surface area contributed by atoms with Crippen molar-refractivity contribution in [1.82, 2.24) is 0 Å². The summed E-state index contributed by atoms with van der Waals surface area (Å²) in [5, 5.41) is 0.490. The highest BCUT2D eigenvalue weighted by atomic mass is 79.9. The van der Waals surface area contributed by atoms with Crippen LogP contribution in [0, 0.1) is 27.7 Å². The van der Waals surface area contributed by atoms with Gasteiger partial charge in [0.05, 0.1) is 16.4 Å². The molecule has 184 valence electrons. The number of nitrogens with two attached hydrogens (primary N) is 4. The second-order valence-electron chi connectivity index (χ2n) is 7.58. The predicted octanol–water partition coefficient (Wildman–Crippen LogP) is 3.68. The Bertz CT molecular complexity index is 1010. The third kappa shape index (κ3) is 7.92. The molecule has 0 saturated carbocycles. The van der Waals surface area contributed by atoms with Crippen LogP contribution in [0.5, 0.6) is 0 Å². The number of anilines is 2. The largest absolute Gasteiger partial charge is 0.370 e. The molecule has 0 heterocycles. The van der Waals surface area contributed by atoms with E-state index in [9.17, 15) is 9.59 Å². The van der Waals surface area contributed by atoms with Gasteiger partial charge in [0.25, 0.3) is 0 Å². The van der Waals surface area contributed by atoms with Crippen LogP contribution in [0.3, 0.4) is 0 Å². The van der Waals surface area contributed by atoms with Gasteiger partial charge in [0.15, 0.2) is 11.9 Å². The quantitative estimate of drug-likeness (QED) is 0.326. The van der Waals surface area contributed by atoms with Gasteiger partial charge >= 0.3 is 12.1 Å². The highest BCUT2D eigenvalue weighted by Gasteiger charge is 2.17. The number of amides is 4. The highest BCUT2D eigenvalue weighted by Crippen LogP contribution is 2.31. The van der Waals surface area contributed by atoms with Crippen LogP contribution in [0.15, 0.2) is 38.7 Å². The van der Waals surface area contributed by atoms with E-state index in [1.165, 1.54) is 9.80 Å². The molecule has 0 radical (unpaired) electrons. The monoisotopic (exact) mass is 552 g/mol. The van der Waals surface area contributed by atoms with E-state index in [0.29, 0.717) is 10.7 Å². The fraction of sp³-hybridized carbons (Fsp3) is 0.273. The second-order valence-corrected chi connectivity index (χ2v) is 8.84. The summed E-state index contributed by atoms with van der Waals surface area (Å²) in [5.41, 5.74) is 26.0. The van der Waals surface area contributed by atoms with Gasteiger partial charge in [-0.05, 0) is 78.0 Å². The number of guanidine groups is 2. The number of halogens is 2. The van der Waals surface area contributed by atoms with Crippen LogP contribution in [0.1, 0.15) is 22.3 Å². The molecule has 8 N–H and O–H groups in total. The maximum atomic E-state index is 11.7. The van der Waals surface area contributed by atoms with Crippen molar-refractivity contribution in [1.29, 1.82) is 0 Å². The molecule has 34 heavy (non-hydrogen) atoms. The van der Waals surface area contributed by atoms with Crippen LogP contribution in [-0.4, -0.2) is 38.1 Å². The Morgan fingerprint density at radius 2 is 1.15 bits per heavy atom. The van der Waals surface area contributed by atoms with Gasteiger partial charge < -0.3 is 22.9 Å². The van der Waals surface area contributed by atoms with Gasteiger partial charge in [-0.25, -0.2) is 9.59 Å². The average molecular weight is 554 g/mol. The van der Waals surface area contributed by atoms with E-state index in [0.717, 1.165) is 32.4 Å². The molecule has 2 aromatic rings. The first-order chi connectivity index (χ1) is 15.6. The van der Waals surface area contributed by atoms with Gasteiger partial charge in [-0.1, -0.05) is 23.7 Å². The normalized spacial score (nSPS) is 9.88. The minimum Gasteiger partial charge on any atom is -0.370 e. The molecule has 10 nitrogen and oxygen atoms in total. The van der Waals surface area contributed by atoms with Crippen molar-refractivity contribution in [3.05, 3.63) is 56.0 Å². The standard InChI is InChI=1S/C11H15BrN4O.C11H15ClN4O/c2*1-6-4-7(2)9(8(12)5-6)16(3)11(17)15-10(13)14/h2*4-5H,1-3H3,(H4,13,14,15,17). The number of benzene rings is 2. The Morgan fingerprint density at radius 1 is 0.765 bits per heavy atom. The summed E-state index contributed by atoms with van der Waals surface area (Å²) in [4.78, 5) is 33.0. The van der Waals surface area contributed by atoms with Crippen LogP contribution in [-0.2, 0) is 0 Å². The summed E-state index contributed by atoms with van der Waals surface area (Å²) in [7, 11) is 3.19. The SMILES string of the molecule is Cc1cc(C)c(N(C)C(=O)N=C(N)N)c(Br)c1.Cc1cc(C)c(N(C)C(=O)N=C(N)N)c(Cl)c1.